The number of ether oxygens (including phenoxy) is 1. The van der Waals surface area contributed by atoms with Crippen molar-refractivity contribution in [2.45, 2.75) is 6.29 Å². The van der Waals surface area contributed by atoms with Crippen molar-refractivity contribution in [3.8, 4) is 17.2 Å². The molecular formula is C13H9BrO4S. The van der Waals surface area contributed by atoms with Gasteiger partial charge in [-0.2, -0.15) is 0 Å². The third-order valence-corrected chi connectivity index (χ3v) is 4.51. The highest BCUT2D eigenvalue weighted by atomic mass is 79.9. The minimum atomic E-state index is -1.10. The van der Waals surface area contributed by atoms with E-state index >= 15 is 0 Å². The van der Waals surface area contributed by atoms with Gasteiger partial charge in [0.25, 0.3) is 0 Å². The van der Waals surface area contributed by atoms with E-state index in [0.29, 0.717) is 16.9 Å². The van der Waals surface area contributed by atoms with Gasteiger partial charge in [-0.3, -0.25) is 0 Å². The lowest BCUT2D eigenvalue weighted by Crippen LogP contribution is -2.20. The van der Waals surface area contributed by atoms with Crippen LogP contribution < -0.4 is 4.74 Å². The lowest BCUT2D eigenvalue weighted by Gasteiger charge is -2.23. The number of rotatable bonds is 1. The molecular weight excluding hydrogens is 332 g/mol. The van der Waals surface area contributed by atoms with Crippen LogP contribution in [-0.4, -0.2) is 21.6 Å². The Balaban J connectivity index is 2.11. The molecule has 1 aliphatic rings. The summed E-state index contributed by atoms with van der Waals surface area (Å²) < 4.78 is 6.28. The first-order valence-electron chi connectivity index (χ1n) is 5.41. The molecule has 3 N–H and O–H groups in total. The van der Waals surface area contributed by atoms with Crippen LogP contribution in [0.5, 0.6) is 17.2 Å². The van der Waals surface area contributed by atoms with E-state index in [2.05, 4.69) is 15.9 Å². The smallest absolute Gasteiger partial charge is 0.225 e. The van der Waals surface area contributed by atoms with Crippen LogP contribution in [0.3, 0.4) is 0 Å². The third kappa shape index (κ3) is 2.22. The molecule has 2 aromatic rings. The van der Waals surface area contributed by atoms with Gasteiger partial charge in [0.15, 0.2) is 11.5 Å². The molecule has 0 radical (unpaired) electrons. The number of fused-ring (bicyclic) bond motifs is 1. The van der Waals surface area contributed by atoms with Gasteiger partial charge in [0, 0.05) is 31.9 Å². The Kier molecular flexibility index (Phi) is 3.00. The van der Waals surface area contributed by atoms with Gasteiger partial charge in [0.1, 0.15) is 5.75 Å². The van der Waals surface area contributed by atoms with Crippen molar-refractivity contribution in [3.05, 3.63) is 38.5 Å². The molecule has 4 nitrogen and oxygen atoms in total. The minimum absolute atomic E-state index is 0.221. The van der Waals surface area contributed by atoms with E-state index in [1.807, 2.05) is 11.4 Å². The minimum Gasteiger partial charge on any atom is -0.504 e. The summed E-state index contributed by atoms with van der Waals surface area (Å²) in [7, 11) is 0. The fraction of sp³-hybridized carbons (Fsp3) is 0.0769. The maximum atomic E-state index is 10.00. The molecule has 0 fully saturated rings. The predicted octanol–water partition coefficient (Wildman–Crippen LogP) is 3.17. The summed E-state index contributed by atoms with van der Waals surface area (Å²) in [6, 6.07) is 4.57. The molecule has 6 heteroatoms. The van der Waals surface area contributed by atoms with Crippen molar-refractivity contribution in [1.29, 1.82) is 0 Å². The van der Waals surface area contributed by atoms with Gasteiger partial charge in [-0.15, -0.1) is 11.3 Å². The molecule has 1 aromatic heterocycles. The van der Waals surface area contributed by atoms with Crippen molar-refractivity contribution < 1.29 is 20.1 Å². The van der Waals surface area contributed by atoms with Gasteiger partial charge in [-0.1, -0.05) is 0 Å². The van der Waals surface area contributed by atoms with Crippen LogP contribution in [0.15, 0.2) is 28.1 Å². The molecule has 98 valence electrons. The van der Waals surface area contributed by atoms with Crippen LogP contribution in [0.25, 0.3) is 11.6 Å². The summed E-state index contributed by atoms with van der Waals surface area (Å²) in [6.45, 7) is 0. The number of halogens is 1. The Labute approximate surface area is 121 Å². The molecule has 1 atom stereocenters. The molecule has 3 rings (SSSR count). The van der Waals surface area contributed by atoms with Crippen molar-refractivity contribution in [1.82, 2.24) is 0 Å². The van der Waals surface area contributed by atoms with Gasteiger partial charge >= 0.3 is 0 Å². The van der Waals surface area contributed by atoms with E-state index in [-0.39, 0.29) is 11.5 Å². The average Bonchev–Trinajstić information content (AvgIpc) is 2.77. The molecule has 1 aromatic carbocycles. The summed E-state index contributed by atoms with van der Waals surface area (Å²) >= 11 is 4.83. The number of aliphatic hydroxyl groups is 1. The average molecular weight is 341 g/mol. The molecule has 0 spiro atoms. The van der Waals surface area contributed by atoms with Crippen LogP contribution >= 0.6 is 27.3 Å². The first kappa shape index (κ1) is 12.5. The number of thiophene rings is 1. The van der Waals surface area contributed by atoms with Gasteiger partial charge in [0.05, 0.1) is 0 Å². The second-order valence-corrected chi connectivity index (χ2v) is 5.90. The third-order valence-electron chi connectivity index (χ3n) is 2.77. The molecule has 0 saturated carbocycles. The number of aliphatic hydroxyl groups excluding tert-OH is 1. The SMILES string of the molecule is Oc1cc2c(cc1O)OC(O)C(c1cc(Br)cs1)=C2. The maximum absolute atomic E-state index is 10.00. The fourth-order valence-corrected chi connectivity index (χ4v) is 3.33. The monoisotopic (exact) mass is 340 g/mol. The standard InChI is InChI=1S/C13H9BrO4S/c14-7-3-12(19-5-7)8-1-6-2-9(15)10(16)4-11(6)18-13(8)17/h1-5,13,15-17H. The Bertz CT molecular complexity index is 677. The molecule has 0 aliphatic carbocycles. The van der Waals surface area contributed by atoms with E-state index in [0.717, 1.165) is 9.35 Å². The molecule has 0 saturated heterocycles. The van der Waals surface area contributed by atoms with Crippen LogP contribution in [0.1, 0.15) is 10.4 Å². The largest absolute Gasteiger partial charge is 0.504 e. The molecule has 19 heavy (non-hydrogen) atoms. The molecule has 1 aliphatic heterocycles. The van der Waals surface area contributed by atoms with Crippen molar-refractivity contribution in [3.63, 3.8) is 0 Å². The number of phenols is 2. The zero-order valence-electron chi connectivity index (χ0n) is 9.50. The zero-order chi connectivity index (χ0) is 13.6. The van der Waals surface area contributed by atoms with Crippen LogP contribution in [0.2, 0.25) is 0 Å². The molecule has 2 heterocycles. The number of aromatic hydroxyl groups is 2. The predicted molar refractivity (Wildman–Crippen MR) is 76.3 cm³/mol. The lowest BCUT2D eigenvalue weighted by molar-refractivity contribution is 0.0319. The molecule has 1 unspecified atom stereocenters. The van der Waals surface area contributed by atoms with Crippen molar-refractivity contribution in [2.24, 2.45) is 0 Å². The Morgan fingerprint density at radius 1 is 1.16 bits per heavy atom. The van der Waals surface area contributed by atoms with E-state index in [1.165, 1.54) is 23.5 Å². The molecule has 0 bridgehead atoms. The highest BCUT2D eigenvalue weighted by Gasteiger charge is 2.24. The quantitative estimate of drug-likeness (QED) is 0.697. The topological polar surface area (TPSA) is 69.9 Å². The number of hydrogen-bond acceptors (Lipinski definition) is 5. The van der Waals surface area contributed by atoms with Crippen LogP contribution in [0, 0.1) is 0 Å². The summed E-state index contributed by atoms with van der Waals surface area (Å²) in [5, 5.41) is 30.8. The number of phenolic OH excluding ortho intramolecular Hbond substituents is 2. The Morgan fingerprint density at radius 3 is 2.58 bits per heavy atom. The highest BCUT2D eigenvalue weighted by molar-refractivity contribution is 9.10. The summed E-state index contributed by atoms with van der Waals surface area (Å²) in [6.07, 6.45) is 0.642. The van der Waals surface area contributed by atoms with Crippen molar-refractivity contribution >= 4 is 38.9 Å². The summed E-state index contributed by atoms with van der Waals surface area (Å²) in [4.78, 5) is 0.873. The van der Waals surface area contributed by atoms with Gasteiger partial charge in [-0.05, 0) is 34.1 Å². The normalized spacial score (nSPS) is 17.6. The van der Waals surface area contributed by atoms with Crippen molar-refractivity contribution in [2.75, 3.05) is 0 Å². The first-order valence-corrected chi connectivity index (χ1v) is 7.08. The van der Waals surface area contributed by atoms with E-state index in [1.54, 1.807) is 6.08 Å². The number of hydrogen-bond donors (Lipinski definition) is 3. The summed E-state index contributed by atoms with van der Waals surface area (Å²) in [5.74, 6) is -0.162. The van der Waals surface area contributed by atoms with Gasteiger partial charge < -0.3 is 20.1 Å². The first-order chi connectivity index (χ1) is 9.04. The van der Waals surface area contributed by atoms with Crippen LogP contribution in [-0.2, 0) is 0 Å². The van der Waals surface area contributed by atoms with Gasteiger partial charge in [-0.25, -0.2) is 0 Å². The second kappa shape index (κ2) is 4.56. The Hall–Kier alpha value is -1.50. The van der Waals surface area contributed by atoms with Crippen LogP contribution in [0.4, 0.5) is 0 Å². The fourth-order valence-electron chi connectivity index (χ4n) is 1.87. The second-order valence-electron chi connectivity index (χ2n) is 4.08. The Morgan fingerprint density at radius 2 is 1.89 bits per heavy atom. The summed E-state index contributed by atoms with van der Waals surface area (Å²) in [5.41, 5.74) is 1.23. The number of benzene rings is 1. The zero-order valence-corrected chi connectivity index (χ0v) is 11.9. The van der Waals surface area contributed by atoms with Gasteiger partial charge in [0.2, 0.25) is 6.29 Å². The lowest BCUT2D eigenvalue weighted by atomic mass is 10.0. The van der Waals surface area contributed by atoms with E-state index < -0.39 is 6.29 Å². The molecule has 0 amide bonds. The van der Waals surface area contributed by atoms with E-state index in [9.17, 15) is 15.3 Å². The maximum Gasteiger partial charge on any atom is 0.225 e. The van der Waals surface area contributed by atoms with E-state index in [4.69, 9.17) is 4.74 Å². The highest BCUT2D eigenvalue weighted by Crippen LogP contribution is 2.41.